The molecule has 0 aromatic heterocycles. The minimum Gasteiger partial charge on any atom is -0.507 e. The van der Waals surface area contributed by atoms with Crippen molar-refractivity contribution in [1.29, 1.82) is 0 Å². The van der Waals surface area contributed by atoms with Crippen LogP contribution in [0.5, 0.6) is 11.5 Å². The van der Waals surface area contributed by atoms with Gasteiger partial charge in [0.05, 0.1) is 5.56 Å². The van der Waals surface area contributed by atoms with E-state index in [0.717, 1.165) is 11.1 Å². The highest BCUT2D eigenvalue weighted by Gasteiger charge is 2.28. The average Bonchev–Trinajstić information content (AvgIpc) is 2.52. The number of allylic oxidation sites excluding steroid dienone is 3. The molecule has 0 saturated heterocycles. The lowest BCUT2D eigenvalue weighted by Crippen LogP contribution is -2.34. The Kier molecular flexibility index (Phi) is 5.61. The number of aliphatic hydroxyl groups is 1. The van der Waals surface area contributed by atoms with Crippen molar-refractivity contribution in [3.05, 3.63) is 46.6 Å². The summed E-state index contributed by atoms with van der Waals surface area (Å²) in [6.07, 6.45) is 6.89. The second-order valence-corrected chi connectivity index (χ2v) is 6.09. The fourth-order valence-electron chi connectivity index (χ4n) is 2.79. The maximum atomic E-state index is 11.4. The average molecular weight is 316 g/mol. The number of benzene rings is 1. The quantitative estimate of drug-likeness (QED) is 0.646. The SMILES string of the molecule is C/C=C/C(O)C1CCc2c(cc(CC=C(C)C)c(O)c2C=O)O1. The van der Waals surface area contributed by atoms with Crippen LogP contribution in [-0.4, -0.2) is 28.7 Å². The van der Waals surface area contributed by atoms with Gasteiger partial charge in [0.2, 0.25) is 0 Å². The highest BCUT2D eigenvalue weighted by Crippen LogP contribution is 2.38. The summed E-state index contributed by atoms with van der Waals surface area (Å²) in [5, 5.41) is 20.4. The van der Waals surface area contributed by atoms with Gasteiger partial charge in [-0.2, -0.15) is 0 Å². The summed E-state index contributed by atoms with van der Waals surface area (Å²) in [7, 11) is 0. The Morgan fingerprint density at radius 3 is 2.83 bits per heavy atom. The van der Waals surface area contributed by atoms with E-state index in [-0.39, 0.29) is 11.9 Å². The van der Waals surface area contributed by atoms with Crippen LogP contribution in [0.1, 0.15) is 48.7 Å². The Morgan fingerprint density at radius 2 is 2.22 bits per heavy atom. The number of aromatic hydroxyl groups is 1. The Hall–Kier alpha value is -2.07. The van der Waals surface area contributed by atoms with E-state index >= 15 is 0 Å². The van der Waals surface area contributed by atoms with Crippen molar-refractivity contribution in [3.63, 3.8) is 0 Å². The molecule has 23 heavy (non-hydrogen) atoms. The first-order chi connectivity index (χ1) is 11.0. The predicted molar refractivity (Wildman–Crippen MR) is 90.2 cm³/mol. The molecule has 1 aromatic rings. The van der Waals surface area contributed by atoms with Gasteiger partial charge in [0.25, 0.3) is 0 Å². The number of phenols is 1. The third kappa shape index (κ3) is 3.82. The number of hydrogen-bond acceptors (Lipinski definition) is 4. The van der Waals surface area contributed by atoms with Gasteiger partial charge in [-0.05, 0) is 46.1 Å². The molecule has 1 aliphatic heterocycles. The van der Waals surface area contributed by atoms with Crippen LogP contribution in [0.4, 0.5) is 0 Å². The van der Waals surface area contributed by atoms with E-state index in [1.807, 2.05) is 26.8 Å². The summed E-state index contributed by atoms with van der Waals surface area (Å²) >= 11 is 0. The maximum absolute atomic E-state index is 11.4. The molecule has 0 bridgehead atoms. The molecular formula is C19H24O4. The molecule has 0 saturated carbocycles. The summed E-state index contributed by atoms with van der Waals surface area (Å²) in [5.41, 5.74) is 2.83. The zero-order chi connectivity index (χ0) is 17.0. The molecule has 0 aliphatic carbocycles. The van der Waals surface area contributed by atoms with E-state index in [1.54, 1.807) is 18.2 Å². The Bertz CT molecular complexity index is 639. The van der Waals surface area contributed by atoms with Gasteiger partial charge in [0.1, 0.15) is 23.7 Å². The molecule has 1 aliphatic rings. The van der Waals surface area contributed by atoms with Crippen LogP contribution < -0.4 is 4.74 Å². The number of aliphatic hydroxyl groups excluding tert-OH is 1. The van der Waals surface area contributed by atoms with Crippen LogP contribution >= 0.6 is 0 Å². The number of hydrogen-bond donors (Lipinski definition) is 2. The summed E-state index contributed by atoms with van der Waals surface area (Å²) in [6.45, 7) is 5.81. The van der Waals surface area contributed by atoms with Gasteiger partial charge in [-0.3, -0.25) is 4.79 Å². The number of carbonyl (C=O) groups excluding carboxylic acids is 1. The second kappa shape index (κ2) is 7.47. The van der Waals surface area contributed by atoms with Gasteiger partial charge >= 0.3 is 0 Å². The third-order valence-corrected chi connectivity index (χ3v) is 4.06. The summed E-state index contributed by atoms with van der Waals surface area (Å²) in [6, 6.07) is 1.78. The molecule has 4 nitrogen and oxygen atoms in total. The van der Waals surface area contributed by atoms with Crippen molar-refractivity contribution in [3.8, 4) is 11.5 Å². The van der Waals surface area contributed by atoms with Gasteiger partial charge in [0, 0.05) is 11.1 Å². The summed E-state index contributed by atoms with van der Waals surface area (Å²) in [4.78, 5) is 11.4. The zero-order valence-electron chi connectivity index (χ0n) is 13.9. The molecule has 2 rings (SSSR count). The predicted octanol–water partition coefficient (Wildman–Crippen LogP) is 3.34. The van der Waals surface area contributed by atoms with Crippen LogP contribution in [0.3, 0.4) is 0 Å². The third-order valence-electron chi connectivity index (χ3n) is 4.06. The van der Waals surface area contributed by atoms with Crippen molar-refractivity contribution in [2.45, 2.75) is 52.2 Å². The van der Waals surface area contributed by atoms with Gasteiger partial charge < -0.3 is 14.9 Å². The van der Waals surface area contributed by atoms with E-state index < -0.39 is 6.10 Å². The van der Waals surface area contributed by atoms with Crippen molar-refractivity contribution < 1.29 is 19.7 Å². The molecular weight excluding hydrogens is 292 g/mol. The number of fused-ring (bicyclic) bond motifs is 1. The molecule has 124 valence electrons. The molecule has 2 N–H and O–H groups in total. The monoisotopic (exact) mass is 316 g/mol. The molecule has 4 heteroatoms. The molecule has 0 spiro atoms. The number of ether oxygens (including phenoxy) is 1. The zero-order valence-corrected chi connectivity index (χ0v) is 13.9. The van der Waals surface area contributed by atoms with Crippen LogP contribution in [-0.2, 0) is 12.8 Å². The van der Waals surface area contributed by atoms with Crippen LogP contribution in [0.15, 0.2) is 29.9 Å². The topological polar surface area (TPSA) is 66.8 Å². The van der Waals surface area contributed by atoms with E-state index in [0.29, 0.717) is 42.4 Å². The Balaban J connectivity index is 2.39. The number of phenolic OH excluding ortho intramolecular Hbond substituents is 1. The molecule has 0 amide bonds. The van der Waals surface area contributed by atoms with E-state index in [1.165, 1.54) is 0 Å². The standard InChI is InChI=1S/C19H24O4/c1-4-5-16(21)17-9-8-14-15(11-20)19(22)13(7-6-12(2)3)10-18(14)23-17/h4-6,10-11,16-17,21-22H,7-9H2,1-3H3/b5-4+. The van der Waals surface area contributed by atoms with Gasteiger partial charge in [0.15, 0.2) is 6.29 Å². The van der Waals surface area contributed by atoms with Crippen LogP contribution in [0, 0.1) is 0 Å². The van der Waals surface area contributed by atoms with E-state index in [4.69, 9.17) is 4.74 Å². The Labute approximate surface area is 137 Å². The minimum absolute atomic E-state index is 0.0345. The Morgan fingerprint density at radius 1 is 1.48 bits per heavy atom. The molecule has 1 aromatic carbocycles. The maximum Gasteiger partial charge on any atom is 0.154 e. The van der Waals surface area contributed by atoms with Crippen LogP contribution in [0.2, 0.25) is 0 Å². The lowest BCUT2D eigenvalue weighted by molar-refractivity contribution is 0.0524. The first kappa shape index (κ1) is 17.3. The largest absolute Gasteiger partial charge is 0.507 e. The lowest BCUT2D eigenvalue weighted by atomic mass is 9.92. The lowest BCUT2D eigenvalue weighted by Gasteiger charge is -2.30. The van der Waals surface area contributed by atoms with Gasteiger partial charge in [-0.15, -0.1) is 0 Å². The first-order valence-corrected chi connectivity index (χ1v) is 7.91. The molecule has 2 unspecified atom stereocenters. The molecule has 0 radical (unpaired) electrons. The fraction of sp³-hybridized carbons (Fsp3) is 0.421. The first-order valence-electron chi connectivity index (χ1n) is 7.91. The number of aldehydes is 1. The highest BCUT2D eigenvalue weighted by molar-refractivity contribution is 5.84. The number of rotatable bonds is 5. The summed E-state index contributed by atoms with van der Waals surface area (Å²) in [5.74, 6) is 0.620. The van der Waals surface area contributed by atoms with Crippen molar-refractivity contribution in [2.75, 3.05) is 0 Å². The molecule has 1 heterocycles. The molecule has 2 atom stereocenters. The van der Waals surface area contributed by atoms with Crippen molar-refractivity contribution in [1.82, 2.24) is 0 Å². The van der Waals surface area contributed by atoms with Gasteiger partial charge in [-0.25, -0.2) is 0 Å². The smallest absolute Gasteiger partial charge is 0.154 e. The fourth-order valence-corrected chi connectivity index (χ4v) is 2.79. The normalized spacial score (nSPS) is 18.2. The van der Waals surface area contributed by atoms with E-state index in [9.17, 15) is 15.0 Å². The second-order valence-electron chi connectivity index (χ2n) is 6.09. The highest BCUT2D eigenvalue weighted by atomic mass is 16.5. The van der Waals surface area contributed by atoms with Crippen molar-refractivity contribution in [2.24, 2.45) is 0 Å². The number of carbonyl (C=O) groups is 1. The van der Waals surface area contributed by atoms with Gasteiger partial charge in [-0.1, -0.05) is 23.8 Å². The molecule has 0 fully saturated rings. The van der Waals surface area contributed by atoms with Crippen molar-refractivity contribution >= 4 is 6.29 Å². The van der Waals surface area contributed by atoms with Crippen LogP contribution in [0.25, 0.3) is 0 Å². The van der Waals surface area contributed by atoms with E-state index in [2.05, 4.69) is 0 Å². The minimum atomic E-state index is -0.678. The summed E-state index contributed by atoms with van der Waals surface area (Å²) < 4.78 is 5.90.